The van der Waals surface area contributed by atoms with Crippen molar-refractivity contribution in [3.63, 3.8) is 0 Å². The fraction of sp³-hybridized carbons (Fsp3) is 0.471. The van der Waals surface area contributed by atoms with Crippen LogP contribution in [0.1, 0.15) is 38.3 Å². The average molecular weight is 272 g/mol. The Balaban J connectivity index is 2.49. The van der Waals surface area contributed by atoms with Gasteiger partial charge in [-0.3, -0.25) is 0 Å². The molecule has 0 unspecified atom stereocenters. The minimum absolute atomic E-state index is 0.330. The summed E-state index contributed by atoms with van der Waals surface area (Å²) >= 11 is 0. The lowest BCUT2D eigenvalue weighted by atomic mass is 9.99. The van der Waals surface area contributed by atoms with Gasteiger partial charge in [-0.05, 0) is 25.7 Å². The molecule has 20 heavy (non-hydrogen) atoms. The zero-order chi connectivity index (χ0) is 14.7. The predicted molar refractivity (Wildman–Crippen MR) is 82.9 cm³/mol. The summed E-state index contributed by atoms with van der Waals surface area (Å²) in [6.45, 7) is 9.24. The second-order valence-electron chi connectivity index (χ2n) is 5.84. The first-order valence-corrected chi connectivity index (χ1v) is 7.38. The Bertz CT molecular complexity index is 567. The smallest absolute Gasteiger partial charge is 0.213 e. The van der Waals surface area contributed by atoms with E-state index >= 15 is 0 Å². The average Bonchev–Trinajstić information content (AvgIpc) is 2.69. The molecule has 0 spiro atoms. The molecule has 2 aromatic rings. The van der Waals surface area contributed by atoms with Crippen molar-refractivity contribution in [1.82, 2.24) is 9.78 Å². The summed E-state index contributed by atoms with van der Waals surface area (Å²) in [6, 6.07) is 8.34. The fourth-order valence-corrected chi connectivity index (χ4v) is 2.40. The molecule has 0 amide bonds. The first-order chi connectivity index (χ1) is 9.52. The molecule has 0 saturated carbocycles. The van der Waals surface area contributed by atoms with E-state index < -0.39 is 0 Å². The van der Waals surface area contributed by atoms with Crippen molar-refractivity contribution in [2.45, 2.75) is 47.1 Å². The monoisotopic (exact) mass is 272 g/mol. The van der Waals surface area contributed by atoms with Crippen molar-refractivity contribution in [3.8, 4) is 17.1 Å². The van der Waals surface area contributed by atoms with Crippen molar-refractivity contribution >= 4 is 0 Å². The van der Waals surface area contributed by atoms with Crippen molar-refractivity contribution in [2.24, 2.45) is 5.92 Å². The van der Waals surface area contributed by atoms with Crippen molar-refractivity contribution in [3.05, 3.63) is 35.4 Å². The van der Waals surface area contributed by atoms with Gasteiger partial charge in [-0.15, -0.1) is 0 Å². The van der Waals surface area contributed by atoms with Gasteiger partial charge in [0.15, 0.2) is 0 Å². The minimum atomic E-state index is 0.330. The highest BCUT2D eigenvalue weighted by molar-refractivity contribution is 5.65. The highest BCUT2D eigenvalue weighted by Crippen LogP contribution is 2.32. The summed E-state index contributed by atoms with van der Waals surface area (Å²) < 4.78 is 1.73. The first kappa shape index (κ1) is 14.6. The number of aromatic hydroxyl groups is 1. The van der Waals surface area contributed by atoms with Crippen LogP contribution >= 0.6 is 0 Å². The topological polar surface area (TPSA) is 38.0 Å². The number of nitrogens with zero attached hydrogens (tertiary/aromatic N) is 2. The second kappa shape index (κ2) is 6.12. The van der Waals surface area contributed by atoms with E-state index in [1.807, 2.05) is 0 Å². The molecule has 1 aromatic carbocycles. The lowest BCUT2D eigenvalue weighted by molar-refractivity contribution is 0.390. The van der Waals surface area contributed by atoms with E-state index in [4.69, 9.17) is 0 Å². The molecule has 3 heteroatoms. The normalized spacial score (nSPS) is 11.2. The standard InChI is InChI=1S/C17H24N2O/c1-5-10-19-17(20)15(11-12(2)3)16(18-19)14-8-6-13(4)7-9-14/h6-9,12,20H,5,10-11H2,1-4H3. The van der Waals surface area contributed by atoms with Gasteiger partial charge in [0, 0.05) is 17.7 Å². The van der Waals surface area contributed by atoms with Crippen LogP contribution in [0.25, 0.3) is 11.3 Å². The maximum atomic E-state index is 10.4. The van der Waals surface area contributed by atoms with Crippen LogP contribution < -0.4 is 0 Å². The van der Waals surface area contributed by atoms with Gasteiger partial charge >= 0.3 is 0 Å². The Labute approximate surface area is 121 Å². The van der Waals surface area contributed by atoms with E-state index in [9.17, 15) is 5.11 Å². The number of hydrogen-bond acceptors (Lipinski definition) is 2. The van der Waals surface area contributed by atoms with Crippen LogP contribution in [-0.2, 0) is 13.0 Å². The molecular formula is C17H24N2O. The Kier molecular flexibility index (Phi) is 4.48. The van der Waals surface area contributed by atoms with Gasteiger partial charge in [0.2, 0.25) is 5.88 Å². The van der Waals surface area contributed by atoms with Gasteiger partial charge in [-0.25, -0.2) is 4.68 Å². The zero-order valence-electron chi connectivity index (χ0n) is 12.8. The van der Waals surface area contributed by atoms with E-state index in [-0.39, 0.29) is 0 Å². The summed E-state index contributed by atoms with van der Waals surface area (Å²) in [6.07, 6.45) is 1.81. The summed E-state index contributed by atoms with van der Waals surface area (Å²) in [5, 5.41) is 15.0. The summed E-state index contributed by atoms with van der Waals surface area (Å²) in [4.78, 5) is 0. The maximum absolute atomic E-state index is 10.4. The van der Waals surface area contributed by atoms with Gasteiger partial charge in [-0.1, -0.05) is 50.6 Å². The van der Waals surface area contributed by atoms with Crippen LogP contribution in [0, 0.1) is 12.8 Å². The number of hydrogen-bond donors (Lipinski definition) is 1. The molecule has 0 aliphatic rings. The van der Waals surface area contributed by atoms with Crippen LogP contribution in [0.4, 0.5) is 0 Å². The third-order valence-electron chi connectivity index (χ3n) is 3.39. The number of benzene rings is 1. The van der Waals surface area contributed by atoms with E-state index in [1.165, 1.54) is 5.56 Å². The minimum Gasteiger partial charge on any atom is -0.493 e. The first-order valence-electron chi connectivity index (χ1n) is 7.38. The van der Waals surface area contributed by atoms with Gasteiger partial charge in [0.1, 0.15) is 0 Å². The largest absolute Gasteiger partial charge is 0.493 e. The molecule has 3 nitrogen and oxygen atoms in total. The van der Waals surface area contributed by atoms with Crippen LogP contribution in [0.2, 0.25) is 0 Å². The highest BCUT2D eigenvalue weighted by Gasteiger charge is 2.19. The zero-order valence-corrected chi connectivity index (χ0v) is 12.8. The van der Waals surface area contributed by atoms with Gasteiger partial charge in [0.25, 0.3) is 0 Å². The molecule has 0 aliphatic heterocycles. The van der Waals surface area contributed by atoms with E-state index in [0.29, 0.717) is 11.8 Å². The molecule has 0 saturated heterocycles. The highest BCUT2D eigenvalue weighted by atomic mass is 16.3. The molecular weight excluding hydrogens is 248 g/mol. The number of aryl methyl sites for hydroxylation is 2. The quantitative estimate of drug-likeness (QED) is 0.887. The number of aromatic nitrogens is 2. The van der Waals surface area contributed by atoms with Crippen molar-refractivity contribution in [1.29, 1.82) is 0 Å². The van der Waals surface area contributed by atoms with Gasteiger partial charge in [0.05, 0.1) is 5.69 Å². The third kappa shape index (κ3) is 3.03. The maximum Gasteiger partial charge on any atom is 0.213 e. The summed E-state index contributed by atoms with van der Waals surface area (Å²) in [7, 11) is 0. The van der Waals surface area contributed by atoms with Gasteiger partial charge < -0.3 is 5.11 Å². The molecule has 0 fully saturated rings. The van der Waals surface area contributed by atoms with E-state index in [1.54, 1.807) is 4.68 Å². The SMILES string of the molecule is CCCn1nc(-c2ccc(C)cc2)c(CC(C)C)c1O. The molecule has 0 atom stereocenters. The van der Waals surface area contributed by atoms with E-state index in [2.05, 4.69) is 57.1 Å². The van der Waals surface area contributed by atoms with Crippen molar-refractivity contribution < 1.29 is 5.11 Å². The van der Waals surface area contributed by atoms with Gasteiger partial charge in [-0.2, -0.15) is 5.10 Å². The second-order valence-corrected chi connectivity index (χ2v) is 5.84. The Morgan fingerprint density at radius 3 is 2.40 bits per heavy atom. The number of rotatable bonds is 5. The van der Waals surface area contributed by atoms with Crippen LogP contribution in [0.5, 0.6) is 5.88 Å². The molecule has 1 aromatic heterocycles. The molecule has 2 rings (SSSR count). The molecule has 108 valence electrons. The third-order valence-corrected chi connectivity index (χ3v) is 3.39. The van der Waals surface area contributed by atoms with Crippen LogP contribution in [0.15, 0.2) is 24.3 Å². The Morgan fingerprint density at radius 2 is 1.85 bits per heavy atom. The molecule has 1 heterocycles. The fourth-order valence-electron chi connectivity index (χ4n) is 2.40. The predicted octanol–water partition coefficient (Wildman–Crippen LogP) is 4.17. The Hall–Kier alpha value is -1.77. The lowest BCUT2D eigenvalue weighted by Gasteiger charge is -2.06. The summed E-state index contributed by atoms with van der Waals surface area (Å²) in [5.41, 5.74) is 4.20. The lowest BCUT2D eigenvalue weighted by Crippen LogP contribution is -1.98. The molecule has 0 bridgehead atoms. The summed E-state index contributed by atoms with van der Waals surface area (Å²) in [5.74, 6) is 0.820. The van der Waals surface area contributed by atoms with Crippen LogP contribution in [-0.4, -0.2) is 14.9 Å². The van der Waals surface area contributed by atoms with E-state index in [0.717, 1.165) is 36.2 Å². The van der Waals surface area contributed by atoms with Crippen LogP contribution in [0.3, 0.4) is 0 Å². The van der Waals surface area contributed by atoms with Crippen molar-refractivity contribution in [2.75, 3.05) is 0 Å². The molecule has 0 radical (unpaired) electrons. The molecule has 1 N–H and O–H groups in total. The Morgan fingerprint density at radius 1 is 1.20 bits per heavy atom. The molecule has 0 aliphatic carbocycles.